The van der Waals surface area contributed by atoms with Crippen LogP contribution in [0.4, 0.5) is 0 Å². The minimum Gasteiger partial charge on any atom is -0.286 e. The fourth-order valence-corrected chi connectivity index (χ4v) is 0.567. The van der Waals surface area contributed by atoms with Crippen LogP contribution in [0.3, 0.4) is 0 Å². The minimum atomic E-state index is 1.01. The first-order valence-electron chi connectivity index (χ1n) is 2.84. The fraction of sp³-hybridized carbons (Fsp3) is 0.571. The Hall–Kier alpha value is -0.590. The monoisotopic (exact) mass is 111 g/mol. The van der Waals surface area contributed by atoms with E-state index in [1.165, 1.54) is 6.08 Å². The quantitative estimate of drug-likeness (QED) is 0.508. The van der Waals surface area contributed by atoms with Gasteiger partial charge >= 0.3 is 0 Å². The molecule has 0 heterocycles. The number of hydrogen-bond donors (Lipinski definition) is 0. The maximum absolute atomic E-state index is 9.69. The number of hydrogen-bond acceptors (Lipinski definition) is 1. The summed E-state index contributed by atoms with van der Waals surface area (Å²) in [5, 5.41) is 0. The lowest BCUT2D eigenvalue weighted by Crippen LogP contribution is -1.74. The van der Waals surface area contributed by atoms with Gasteiger partial charge < -0.3 is 0 Å². The van der Waals surface area contributed by atoms with Gasteiger partial charge in [-0.1, -0.05) is 18.9 Å². The first-order valence-corrected chi connectivity index (χ1v) is 2.84. The Labute approximate surface area is 50.4 Å². The van der Waals surface area contributed by atoms with E-state index >= 15 is 0 Å². The van der Waals surface area contributed by atoms with E-state index in [-0.39, 0.29) is 0 Å². The van der Waals surface area contributed by atoms with Crippen molar-refractivity contribution >= 4 is 6.29 Å². The van der Waals surface area contributed by atoms with Crippen LogP contribution < -0.4 is 0 Å². The van der Waals surface area contributed by atoms with Crippen LogP contribution in [-0.4, -0.2) is 6.29 Å². The Morgan fingerprint density at radius 3 is 2.75 bits per heavy atom. The average Bonchev–Trinajstić information content (AvgIpc) is 1.68. The second-order valence-electron chi connectivity index (χ2n) is 1.86. The van der Waals surface area contributed by atoms with Crippen molar-refractivity contribution in [2.75, 3.05) is 0 Å². The van der Waals surface area contributed by atoms with Gasteiger partial charge in [0.25, 0.3) is 0 Å². The zero-order valence-corrected chi connectivity index (χ0v) is 5.40. The predicted octanol–water partition coefficient (Wildman–Crippen LogP) is 1.84. The molecular weight excluding hydrogens is 100 g/mol. The van der Waals surface area contributed by atoms with Gasteiger partial charge in [-0.25, -0.2) is 0 Å². The topological polar surface area (TPSA) is 17.1 Å². The standard InChI is InChI=1S/C7H11O/c1-3-4-7(2)5-6-8/h5H,3-4H2,1-2H3/b7-5+. The fourth-order valence-electron chi connectivity index (χ4n) is 0.567. The molecule has 0 amide bonds. The molecule has 0 aromatic heterocycles. The molecule has 0 atom stereocenters. The van der Waals surface area contributed by atoms with Crippen LogP contribution in [0.5, 0.6) is 0 Å². The second kappa shape index (κ2) is 4.57. The molecule has 45 valence electrons. The maximum Gasteiger partial charge on any atom is 0.225 e. The molecule has 1 radical (unpaired) electrons. The van der Waals surface area contributed by atoms with Crippen LogP contribution in [-0.2, 0) is 4.79 Å². The summed E-state index contributed by atoms with van der Waals surface area (Å²) >= 11 is 0. The smallest absolute Gasteiger partial charge is 0.225 e. The molecule has 0 fully saturated rings. The van der Waals surface area contributed by atoms with Gasteiger partial charge in [-0.2, -0.15) is 0 Å². The average molecular weight is 111 g/mol. The summed E-state index contributed by atoms with van der Waals surface area (Å²) < 4.78 is 0. The second-order valence-corrected chi connectivity index (χ2v) is 1.86. The molecule has 1 nitrogen and oxygen atoms in total. The highest BCUT2D eigenvalue weighted by atomic mass is 16.1. The molecule has 0 bridgehead atoms. The summed E-state index contributed by atoms with van der Waals surface area (Å²) in [5.74, 6) is 0. The Morgan fingerprint density at radius 1 is 1.75 bits per heavy atom. The van der Waals surface area contributed by atoms with Crippen molar-refractivity contribution in [3.05, 3.63) is 11.6 Å². The van der Waals surface area contributed by atoms with Crippen LogP contribution in [0.1, 0.15) is 26.7 Å². The van der Waals surface area contributed by atoms with Gasteiger partial charge in [0, 0.05) is 0 Å². The number of carbonyl (C=O) groups excluding carboxylic acids is 1. The summed E-state index contributed by atoms with van der Waals surface area (Å²) in [5.41, 5.74) is 1.11. The SMILES string of the molecule is CCC/C(C)=C/[C]=O. The molecule has 0 aromatic carbocycles. The zero-order chi connectivity index (χ0) is 6.41. The van der Waals surface area contributed by atoms with Crippen molar-refractivity contribution in [2.24, 2.45) is 0 Å². The molecular formula is C7H11O. The summed E-state index contributed by atoms with van der Waals surface area (Å²) in [6, 6.07) is 0. The highest BCUT2D eigenvalue weighted by Gasteiger charge is 1.83. The Morgan fingerprint density at radius 2 is 2.38 bits per heavy atom. The molecule has 0 aromatic rings. The van der Waals surface area contributed by atoms with Gasteiger partial charge in [-0.15, -0.1) is 0 Å². The molecule has 0 unspecified atom stereocenters. The van der Waals surface area contributed by atoms with Crippen LogP contribution >= 0.6 is 0 Å². The molecule has 0 aliphatic carbocycles. The molecule has 1 heteroatoms. The largest absolute Gasteiger partial charge is 0.286 e. The van der Waals surface area contributed by atoms with E-state index in [4.69, 9.17) is 0 Å². The molecule has 0 aliphatic heterocycles. The van der Waals surface area contributed by atoms with Crippen molar-refractivity contribution in [2.45, 2.75) is 26.7 Å². The van der Waals surface area contributed by atoms with Crippen molar-refractivity contribution in [3.63, 3.8) is 0 Å². The Bertz CT molecular complexity index is 92.6. The molecule has 8 heavy (non-hydrogen) atoms. The first-order chi connectivity index (χ1) is 3.81. The highest BCUT2D eigenvalue weighted by molar-refractivity contribution is 5.66. The molecule has 0 saturated carbocycles. The summed E-state index contributed by atoms with van der Waals surface area (Å²) in [4.78, 5) is 9.69. The van der Waals surface area contributed by atoms with Gasteiger partial charge in [0.05, 0.1) is 0 Å². The minimum absolute atomic E-state index is 1.01. The molecule has 0 rings (SSSR count). The van der Waals surface area contributed by atoms with E-state index in [1.807, 2.05) is 6.92 Å². The first kappa shape index (κ1) is 7.41. The molecule has 0 N–H and O–H groups in total. The molecule has 0 spiro atoms. The summed E-state index contributed by atoms with van der Waals surface area (Å²) in [6.45, 7) is 4.02. The normalized spacial score (nSPS) is 11.5. The van der Waals surface area contributed by atoms with E-state index in [2.05, 4.69) is 6.92 Å². The van der Waals surface area contributed by atoms with Gasteiger partial charge in [0.2, 0.25) is 6.29 Å². The van der Waals surface area contributed by atoms with Gasteiger partial charge in [-0.3, -0.25) is 4.79 Å². The Kier molecular flexibility index (Phi) is 4.23. The Balaban J connectivity index is 3.44. The van der Waals surface area contributed by atoms with E-state index < -0.39 is 0 Å². The van der Waals surface area contributed by atoms with Gasteiger partial charge in [0.15, 0.2) is 0 Å². The zero-order valence-electron chi connectivity index (χ0n) is 5.40. The summed E-state index contributed by atoms with van der Waals surface area (Å²) in [6.07, 6.45) is 5.34. The van der Waals surface area contributed by atoms with E-state index in [1.54, 1.807) is 6.29 Å². The lowest BCUT2D eigenvalue weighted by atomic mass is 10.2. The van der Waals surface area contributed by atoms with Crippen LogP contribution in [0.2, 0.25) is 0 Å². The highest BCUT2D eigenvalue weighted by Crippen LogP contribution is 2.00. The lowest BCUT2D eigenvalue weighted by molar-refractivity contribution is 0.564. The van der Waals surface area contributed by atoms with Crippen LogP contribution in [0.25, 0.3) is 0 Å². The molecule has 0 aliphatic rings. The third-order valence-corrected chi connectivity index (χ3v) is 0.950. The van der Waals surface area contributed by atoms with Gasteiger partial charge in [-0.05, 0) is 19.4 Å². The molecule has 0 saturated heterocycles. The lowest BCUT2D eigenvalue weighted by Gasteiger charge is -1.90. The van der Waals surface area contributed by atoms with Crippen molar-refractivity contribution in [3.8, 4) is 0 Å². The van der Waals surface area contributed by atoms with E-state index in [9.17, 15) is 4.79 Å². The maximum atomic E-state index is 9.69. The van der Waals surface area contributed by atoms with E-state index in [0.717, 1.165) is 18.4 Å². The van der Waals surface area contributed by atoms with Crippen LogP contribution in [0.15, 0.2) is 11.6 Å². The van der Waals surface area contributed by atoms with Crippen molar-refractivity contribution < 1.29 is 4.79 Å². The number of rotatable bonds is 3. The van der Waals surface area contributed by atoms with Crippen molar-refractivity contribution in [1.82, 2.24) is 0 Å². The third kappa shape index (κ3) is 3.59. The van der Waals surface area contributed by atoms with Crippen molar-refractivity contribution in [1.29, 1.82) is 0 Å². The number of allylic oxidation sites excluding steroid dienone is 2. The third-order valence-electron chi connectivity index (χ3n) is 0.950. The summed E-state index contributed by atoms with van der Waals surface area (Å²) in [7, 11) is 0. The van der Waals surface area contributed by atoms with E-state index in [0.29, 0.717) is 0 Å². The predicted molar refractivity (Wildman–Crippen MR) is 34.4 cm³/mol. The van der Waals surface area contributed by atoms with Gasteiger partial charge in [0.1, 0.15) is 0 Å². The van der Waals surface area contributed by atoms with Crippen LogP contribution in [0, 0.1) is 0 Å².